The highest BCUT2D eigenvalue weighted by Gasteiger charge is 2.11. The molecule has 0 aliphatic rings. The molecule has 17 heavy (non-hydrogen) atoms. The van der Waals surface area contributed by atoms with Crippen molar-refractivity contribution in [2.24, 2.45) is 0 Å². The average Bonchev–Trinajstić information content (AvgIpc) is 2.73. The summed E-state index contributed by atoms with van der Waals surface area (Å²) in [7, 11) is 0. The van der Waals surface area contributed by atoms with Crippen LogP contribution in [-0.4, -0.2) is 15.8 Å². The van der Waals surface area contributed by atoms with Crippen molar-refractivity contribution in [1.29, 1.82) is 0 Å². The Labute approximate surface area is 102 Å². The van der Waals surface area contributed by atoms with Gasteiger partial charge >= 0.3 is 6.09 Å². The van der Waals surface area contributed by atoms with Gasteiger partial charge in [0.25, 0.3) is 0 Å². The van der Waals surface area contributed by atoms with E-state index in [2.05, 4.69) is 0 Å². The molecule has 0 unspecified atom stereocenters. The van der Waals surface area contributed by atoms with Gasteiger partial charge in [-0.15, -0.1) is 0 Å². The van der Waals surface area contributed by atoms with Gasteiger partial charge < -0.3 is 5.11 Å². The Morgan fingerprint density at radius 1 is 1.35 bits per heavy atom. The highest BCUT2D eigenvalue weighted by molar-refractivity contribution is 6.30. The van der Waals surface area contributed by atoms with E-state index in [9.17, 15) is 9.18 Å². The summed E-state index contributed by atoms with van der Waals surface area (Å²) in [4.78, 5) is 10.9. The molecule has 0 bridgehead atoms. The number of carbonyl (C=O) groups is 1. The van der Waals surface area contributed by atoms with Crippen LogP contribution in [0.1, 0.15) is 11.3 Å². The predicted molar refractivity (Wildman–Crippen MR) is 62.1 cm³/mol. The first-order chi connectivity index (χ1) is 8.09. The molecule has 3 nitrogen and oxygen atoms in total. The van der Waals surface area contributed by atoms with Crippen LogP contribution >= 0.6 is 11.6 Å². The van der Waals surface area contributed by atoms with Crippen molar-refractivity contribution in [2.75, 3.05) is 0 Å². The predicted octanol–water partition coefficient (Wildman–Crippen LogP) is 3.40. The molecule has 88 valence electrons. The van der Waals surface area contributed by atoms with Gasteiger partial charge in [0.2, 0.25) is 0 Å². The second kappa shape index (κ2) is 4.59. The third-order valence-electron chi connectivity index (χ3n) is 2.44. The molecular weight excluding hydrogens is 245 g/mol. The third kappa shape index (κ3) is 2.31. The Balaban J connectivity index is 2.35. The molecule has 2 aromatic rings. The lowest BCUT2D eigenvalue weighted by Gasteiger charge is -2.06. The van der Waals surface area contributed by atoms with Crippen molar-refractivity contribution in [3.63, 3.8) is 0 Å². The molecule has 1 aromatic heterocycles. The molecule has 0 amide bonds. The summed E-state index contributed by atoms with van der Waals surface area (Å²) in [6.07, 6.45) is 0.513. The Kier molecular flexibility index (Phi) is 3.15. The van der Waals surface area contributed by atoms with E-state index in [1.165, 1.54) is 12.3 Å². The molecule has 1 aromatic carbocycles. The summed E-state index contributed by atoms with van der Waals surface area (Å²) < 4.78 is 14.7. The molecule has 1 N–H and O–H groups in total. The molecule has 1 heterocycles. The Morgan fingerprint density at radius 3 is 2.82 bits per heavy atom. The van der Waals surface area contributed by atoms with Gasteiger partial charge in [-0.3, -0.25) is 4.57 Å². The molecule has 0 saturated heterocycles. The van der Waals surface area contributed by atoms with Gasteiger partial charge in [0, 0.05) is 18.3 Å². The van der Waals surface area contributed by atoms with Crippen molar-refractivity contribution in [3.8, 4) is 0 Å². The van der Waals surface area contributed by atoms with Crippen LogP contribution in [-0.2, 0) is 6.42 Å². The first-order valence-electron chi connectivity index (χ1n) is 4.92. The lowest BCUT2D eigenvalue weighted by atomic mass is 10.1. The van der Waals surface area contributed by atoms with E-state index in [1.54, 1.807) is 24.3 Å². The van der Waals surface area contributed by atoms with Crippen LogP contribution in [0, 0.1) is 5.82 Å². The minimum atomic E-state index is -1.09. The van der Waals surface area contributed by atoms with Crippen LogP contribution in [0.3, 0.4) is 0 Å². The minimum absolute atomic E-state index is 0.0379. The smallest absolute Gasteiger partial charge is 0.415 e. The first kappa shape index (κ1) is 11.7. The van der Waals surface area contributed by atoms with Gasteiger partial charge in [-0.25, -0.2) is 9.18 Å². The Bertz CT molecular complexity index is 565. The lowest BCUT2D eigenvalue weighted by Crippen LogP contribution is -2.11. The van der Waals surface area contributed by atoms with Crippen LogP contribution < -0.4 is 0 Å². The second-order valence-corrected chi connectivity index (χ2v) is 3.95. The highest BCUT2D eigenvalue weighted by Crippen LogP contribution is 2.20. The molecule has 0 fully saturated rings. The van der Waals surface area contributed by atoms with Crippen molar-refractivity contribution < 1.29 is 14.3 Å². The highest BCUT2D eigenvalue weighted by atomic mass is 35.5. The van der Waals surface area contributed by atoms with Gasteiger partial charge in [0.1, 0.15) is 5.82 Å². The van der Waals surface area contributed by atoms with E-state index in [-0.39, 0.29) is 11.4 Å². The number of rotatable bonds is 2. The molecule has 0 aliphatic carbocycles. The molecule has 0 aliphatic heterocycles. The topological polar surface area (TPSA) is 42.2 Å². The van der Waals surface area contributed by atoms with Crippen LogP contribution in [0.5, 0.6) is 0 Å². The van der Waals surface area contributed by atoms with E-state index in [4.69, 9.17) is 16.7 Å². The second-order valence-electron chi connectivity index (χ2n) is 3.54. The zero-order valence-corrected chi connectivity index (χ0v) is 9.49. The number of hydrogen-bond donors (Lipinski definition) is 1. The summed E-state index contributed by atoms with van der Waals surface area (Å²) in [5.74, 6) is -0.507. The quantitative estimate of drug-likeness (QED) is 0.891. The number of aromatic nitrogens is 1. The maximum Gasteiger partial charge on any atom is 0.415 e. The van der Waals surface area contributed by atoms with Crippen molar-refractivity contribution in [3.05, 3.63) is 58.6 Å². The summed E-state index contributed by atoms with van der Waals surface area (Å²) in [5, 5.41) is 8.94. The maximum atomic E-state index is 13.6. The van der Waals surface area contributed by atoms with Gasteiger partial charge in [-0.2, -0.15) is 0 Å². The maximum absolute atomic E-state index is 13.6. The summed E-state index contributed by atoms with van der Waals surface area (Å²) in [6.45, 7) is 0. The minimum Gasteiger partial charge on any atom is -0.464 e. The largest absolute Gasteiger partial charge is 0.464 e. The SMILES string of the molecule is O=C(O)n1cccc1Cc1cccc(Cl)c1F. The van der Waals surface area contributed by atoms with Gasteiger partial charge in [-0.1, -0.05) is 23.7 Å². The fourth-order valence-electron chi connectivity index (χ4n) is 1.63. The summed E-state index contributed by atoms with van der Waals surface area (Å²) in [5.41, 5.74) is 0.873. The van der Waals surface area contributed by atoms with Crippen LogP contribution in [0.4, 0.5) is 9.18 Å². The van der Waals surface area contributed by atoms with Crippen LogP contribution in [0.2, 0.25) is 5.02 Å². The number of carboxylic acid groups (broad SMARTS) is 1. The number of nitrogens with zero attached hydrogens (tertiary/aromatic N) is 1. The third-order valence-corrected chi connectivity index (χ3v) is 2.73. The zero-order valence-electron chi connectivity index (χ0n) is 8.73. The van der Waals surface area contributed by atoms with Gasteiger partial charge in [-0.05, 0) is 23.8 Å². The van der Waals surface area contributed by atoms with E-state index in [0.29, 0.717) is 11.3 Å². The first-order valence-corrected chi connectivity index (χ1v) is 5.30. The Morgan fingerprint density at radius 2 is 2.12 bits per heavy atom. The van der Waals surface area contributed by atoms with E-state index >= 15 is 0 Å². The number of hydrogen-bond acceptors (Lipinski definition) is 1. The van der Waals surface area contributed by atoms with E-state index in [1.807, 2.05) is 0 Å². The fraction of sp³-hybridized carbons (Fsp3) is 0.0833. The zero-order chi connectivity index (χ0) is 12.4. The van der Waals surface area contributed by atoms with E-state index in [0.717, 1.165) is 4.57 Å². The molecule has 2 rings (SSSR count). The average molecular weight is 254 g/mol. The summed E-state index contributed by atoms with van der Waals surface area (Å²) >= 11 is 5.66. The molecule has 0 spiro atoms. The van der Waals surface area contributed by atoms with Crippen molar-refractivity contribution in [2.45, 2.75) is 6.42 Å². The molecule has 5 heteroatoms. The summed E-state index contributed by atoms with van der Waals surface area (Å²) in [6, 6.07) is 7.91. The van der Waals surface area contributed by atoms with Gasteiger partial charge in [0.05, 0.1) is 5.02 Å². The molecule has 0 radical (unpaired) electrons. The normalized spacial score (nSPS) is 10.5. The molecule has 0 saturated carbocycles. The van der Waals surface area contributed by atoms with Gasteiger partial charge in [0.15, 0.2) is 0 Å². The molecule has 0 atom stereocenters. The van der Waals surface area contributed by atoms with Crippen LogP contribution in [0.25, 0.3) is 0 Å². The van der Waals surface area contributed by atoms with E-state index < -0.39 is 11.9 Å². The number of benzene rings is 1. The molecular formula is C12H9ClFNO2. The van der Waals surface area contributed by atoms with Crippen molar-refractivity contribution >= 4 is 17.7 Å². The fourth-order valence-corrected chi connectivity index (χ4v) is 1.82. The Hall–Kier alpha value is -1.81. The standard InChI is InChI=1S/C12H9ClFNO2/c13-10-5-1-3-8(11(10)14)7-9-4-2-6-15(9)12(16)17/h1-6H,7H2,(H,16,17). The lowest BCUT2D eigenvalue weighted by molar-refractivity contribution is 0.195. The van der Waals surface area contributed by atoms with Crippen LogP contribution in [0.15, 0.2) is 36.5 Å². The van der Waals surface area contributed by atoms with Crippen molar-refractivity contribution in [1.82, 2.24) is 4.57 Å². The number of halogens is 2. The monoisotopic (exact) mass is 253 g/mol.